The van der Waals surface area contributed by atoms with E-state index in [4.69, 9.17) is 0 Å². The van der Waals surface area contributed by atoms with Crippen molar-refractivity contribution in [1.82, 2.24) is 9.62 Å². The van der Waals surface area contributed by atoms with Gasteiger partial charge in [0.2, 0.25) is 10.0 Å². The van der Waals surface area contributed by atoms with E-state index < -0.39 is 10.0 Å². The number of hydrogen-bond donors (Lipinski definition) is 1. The maximum atomic E-state index is 11.9. The van der Waals surface area contributed by atoms with Crippen LogP contribution >= 0.6 is 0 Å². The minimum Gasteiger partial charge on any atom is -0.310 e. The lowest BCUT2D eigenvalue weighted by Crippen LogP contribution is -2.22. The van der Waals surface area contributed by atoms with E-state index in [9.17, 15) is 8.42 Å². The SMILES string of the molecule is CCCCNC(C)c1ccc(S(=O)(=O)N(C)C)cc1. The summed E-state index contributed by atoms with van der Waals surface area (Å²) in [6.45, 7) is 5.23. The van der Waals surface area contributed by atoms with Crippen LogP contribution in [0.1, 0.15) is 38.3 Å². The summed E-state index contributed by atoms with van der Waals surface area (Å²) in [5.74, 6) is 0. The molecule has 1 unspecified atom stereocenters. The molecule has 1 atom stereocenters. The zero-order chi connectivity index (χ0) is 14.5. The number of hydrogen-bond acceptors (Lipinski definition) is 3. The fraction of sp³-hybridized carbons (Fsp3) is 0.571. The Hall–Kier alpha value is -0.910. The lowest BCUT2D eigenvalue weighted by Gasteiger charge is -2.15. The minimum absolute atomic E-state index is 0.239. The Morgan fingerprint density at radius 1 is 1.21 bits per heavy atom. The molecule has 19 heavy (non-hydrogen) atoms. The van der Waals surface area contributed by atoms with Gasteiger partial charge in [-0.05, 0) is 37.6 Å². The van der Waals surface area contributed by atoms with Crippen molar-refractivity contribution in [2.24, 2.45) is 0 Å². The average molecular weight is 284 g/mol. The van der Waals surface area contributed by atoms with Crippen molar-refractivity contribution in [2.45, 2.75) is 37.6 Å². The Balaban J connectivity index is 2.77. The van der Waals surface area contributed by atoms with Crippen LogP contribution in [0.5, 0.6) is 0 Å². The van der Waals surface area contributed by atoms with Crippen LogP contribution in [0.2, 0.25) is 0 Å². The van der Waals surface area contributed by atoms with Crippen molar-refractivity contribution in [3.05, 3.63) is 29.8 Å². The Bertz CT molecular complexity index is 481. The molecule has 0 radical (unpaired) electrons. The van der Waals surface area contributed by atoms with Gasteiger partial charge in [0.25, 0.3) is 0 Å². The summed E-state index contributed by atoms with van der Waals surface area (Å²) in [7, 11) is -0.248. The molecule has 0 bridgehead atoms. The second-order valence-corrected chi connectivity index (χ2v) is 7.04. The van der Waals surface area contributed by atoms with Gasteiger partial charge in [-0.25, -0.2) is 12.7 Å². The maximum Gasteiger partial charge on any atom is 0.242 e. The third-order valence-electron chi connectivity index (χ3n) is 3.14. The molecule has 108 valence electrons. The zero-order valence-corrected chi connectivity index (χ0v) is 13.0. The van der Waals surface area contributed by atoms with Gasteiger partial charge in [-0.2, -0.15) is 0 Å². The first-order valence-electron chi connectivity index (χ1n) is 6.65. The van der Waals surface area contributed by atoms with Crippen molar-refractivity contribution in [2.75, 3.05) is 20.6 Å². The van der Waals surface area contributed by atoms with Crippen molar-refractivity contribution >= 4 is 10.0 Å². The van der Waals surface area contributed by atoms with Gasteiger partial charge in [0.15, 0.2) is 0 Å². The standard InChI is InChI=1S/C14H24N2O2S/c1-5-6-11-15-12(2)13-7-9-14(10-8-13)19(17,18)16(3)4/h7-10,12,15H,5-6,11H2,1-4H3. The van der Waals surface area contributed by atoms with Crippen molar-refractivity contribution in [3.63, 3.8) is 0 Å². The number of nitrogens with zero attached hydrogens (tertiary/aromatic N) is 1. The van der Waals surface area contributed by atoms with Crippen LogP contribution in [-0.2, 0) is 10.0 Å². The predicted octanol–water partition coefficient (Wildman–Crippen LogP) is 2.39. The number of nitrogens with one attached hydrogen (secondary N) is 1. The second-order valence-electron chi connectivity index (χ2n) is 4.89. The highest BCUT2D eigenvalue weighted by molar-refractivity contribution is 7.89. The molecule has 0 saturated carbocycles. The van der Waals surface area contributed by atoms with E-state index in [0.29, 0.717) is 4.90 Å². The smallest absolute Gasteiger partial charge is 0.242 e. The normalized spacial score (nSPS) is 13.7. The van der Waals surface area contributed by atoms with E-state index in [1.165, 1.54) is 24.8 Å². The van der Waals surface area contributed by atoms with E-state index in [0.717, 1.165) is 18.5 Å². The van der Waals surface area contributed by atoms with Gasteiger partial charge in [0.05, 0.1) is 4.90 Å². The van der Waals surface area contributed by atoms with Crippen LogP contribution in [0.25, 0.3) is 0 Å². The number of unbranched alkanes of at least 4 members (excludes halogenated alkanes) is 1. The first kappa shape index (κ1) is 16.1. The predicted molar refractivity (Wildman–Crippen MR) is 78.6 cm³/mol. The minimum atomic E-state index is -3.33. The molecule has 1 N–H and O–H groups in total. The lowest BCUT2D eigenvalue weighted by molar-refractivity contribution is 0.520. The molecular formula is C14H24N2O2S. The Morgan fingerprint density at radius 3 is 2.26 bits per heavy atom. The number of rotatable bonds is 7. The van der Waals surface area contributed by atoms with E-state index in [1.54, 1.807) is 12.1 Å². The van der Waals surface area contributed by atoms with Crippen molar-refractivity contribution in [3.8, 4) is 0 Å². The Labute approximate surface area is 116 Å². The van der Waals surface area contributed by atoms with Crippen LogP contribution in [0.4, 0.5) is 0 Å². The van der Waals surface area contributed by atoms with Crippen LogP contribution in [-0.4, -0.2) is 33.4 Å². The molecule has 1 aromatic rings. The number of benzene rings is 1. The molecule has 0 spiro atoms. The van der Waals surface area contributed by atoms with Crippen LogP contribution < -0.4 is 5.32 Å². The molecule has 1 rings (SSSR count). The summed E-state index contributed by atoms with van der Waals surface area (Å²) >= 11 is 0. The van der Waals surface area contributed by atoms with Crippen molar-refractivity contribution in [1.29, 1.82) is 0 Å². The molecule has 5 heteroatoms. The summed E-state index contributed by atoms with van der Waals surface area (Å²) in [4.78, 5) is 0.335. The molecular weight excluding hydrogens is 260 g/mol. The third kappa shape index (κ3) is 4.30. The second kappa shape index (κ2) is 7.03. The van der Waals surface area contributed by atoms with Crippen LogP contribution in [0.3, 0.4) is 0 Å². The van der Waals surface area contributed by atoms with Gasteiger partial charge >= 0.3 is 0 Å². The molecule has 0 fully saturated rings. The Kier molecular flexibility index (Phi) is 5.97. The molecule has 0 heterocycles. The quantitative estimate of drug-likeness (QED) is 0.782. The van der Waals surface area contributed by atoms with Crippen LogP contribution in [0.15, 0.2) is 29.2 Å². The van der Waals surface area contributed by atoms with Gasteiger partial charge in [0.1, 0.15) is 0 Å². The molecule has 0 aliphatic rings. The van der Waals surface area contributed by atoms with Crippen molar-refractivity contribution < 1.29 is 8.42 Å². The first-order chi connectivity index (χ1) is 8.89. The fourth-order valence-electron chi connectivity index (χ4n) is 1.75. The lowest BCUT2D eigenvalue weighted by atomic mass is 10.1. The summed E-state index contributed by atoms with van der Waals surface area (Å²) in [6, 6.07) is 7.33. The molecule has 4 nitrogen and oxygen atoms in total. The average Bonchev–Trinajstić information content (AvgIpc) is 2.39. The molecule has 0 aliphatic heterocycles. The molecule has 0 aromatic heterocycles. The van der Waals surface area contributed by atoms with Gasteiger partial charge in [-0.3, -0.25) is 0 Å². The fourth-order valence-corrected chi connectivity index (χ4v) is 2.65. The highest BCUT2D eigenvalue weighted by Crippen LogP contribution is 2.18. The van der Waals surface area contributed by atoms with E-state index in [2.05, 4.69) is 19.2 Å². The van der Waals surface area contributed by atoms with Gasteiger partial charge < -0.3 is 5.32 Å². The summed E-state index contributed by atoms with van der Waals surface area (Å²) in [5, 5.41) is 3.42. The van der Waals surface area contributed by atoms with E-state index in [-0.39, 0.29) is 6.04 Å². The highest BCUT2D eigenvalue weighted by atomic mass is 32.2. The van der Waals surface area contributed by atoms with E-state index in [1.807, 2.05) is 12.1 Å². The van der Waals surface area contributed by atoms with Gasteiger partial charge in [-0.1, -0.05) is 25.5 Å². The molecule has 1 aromatic carbocycles. The largest absolute Gasteiger partial charge is 0.310 e. The molecule has 0 saturated heterocycles. The molecule has 0 aliphatic carbocycles. The van der Waals surface area contributed by atoms with E-state index >= 15 is 0 Å². The summed E-state index contributed by atoms with van der Waals surface area (Å²) in [6.07, 6.45) is 2.32. The monoisotopic (exact) mass is 284 g/mol. The summed E-state index contributed by atoms with van der Waals surface area (Å²) < 4.78 is 25.1. The first-order valence-corrected chi connectivity index (χ1v) is 8.09. The summed E-state index contributed by atoms with van der Waals surface area (Å²) in [5.41, 5.74) is 1.11. The topological polar surface area (TPSA) is 49.4 Å². The Morgan fingerprint density at radius 2 is 1.79 bits per heavy atom. The number of sulfonamides is 1. The highest BCUT2D eigenvalue weighted by Gasteiger charge is 2.17. The molecule has 0 amide bonds. The van der Waals surface area contributed by atoms with Gasteiger partial charge in [-0.15, -0.1) is 0 Å². The van der Waals surface area contributed by atoms with Gasteiger partial charge in [0, 0.05) is 20.1 Å². The van der Waals surface area contributed by atoms with Crippen LogP contribution in [0, 0.1) is 0 Å². The zero-order valence-electron chi connectivity index (χ0n) is 12.2. The maximum absolute atomic E-state index is 11.9. The third-order valence-corrected chi connectivity index (χ3v) is 4.97.